The lowest BCUT2D eigenvalue weighted by Gasteiger charge is -2.41. The zero-order chi connectivity index (χ0) is 18.4. The van der Waals surface area contributed by atoms with E-state index in [1.807, 2.05) is 0 Å². The van der Waals surface area contributed by atoms with Crippen LogP contribution in [-0.2, 0) is 4.74 Å². The molecule has 0 amide bonds. The van der Waals surface area contributed by atoms with Crippen LogP contribution < -0.4 is 11.1 Å². The van der Waals surface area contributed by atoms with Crippen molar-refractivity contribution in [3.63, 3.8) is 0 Å². The molecule has 3 N–H and O–H groups in total. The molecule has 1 aromatic rings. The Balaban J connectivity index is 0.00000261. The third-order valence-corrected chi connectivity index (χ3v) is 5.35. The molecule has 1 heterocycles. The van der Waals surface area contributed by atoms with Crippen LogP contribution in [0.4, 0.5) is 14.5 Å². The molecule has 3 rings (SSSR count). The maximum Gasteiger partial charge on any atom is 0.193 e. The molecule has 152 valence electrons. The lowest BCUT2D eigenvalue weighted by atomic mass is 9.73. The van der Waals surface area contributed by atoms with Crippen LogP contribution in [0, 0.1) is 17.0 Å². The number of nitrogens with zero attached hydrogens (tertiary/aromatic N) is 2. The van der Waals surface area contributed by atoms with Crippen LogP contribution in [0.2, 0.25) is 0 Å². The fraction of sp³-hybridized carbons (Fsp3) is 0.632. The largest absolute Gasteiger partial charge is 0.379 e. The van der Waals surface area contributed by atoms with Crippen LogP contribution in [0.25, 0.3) is 0 Å². The van der Waals surface area contributed by atoms with E-state index in [0.717, 1.165) is 63.9 Å². The standard InChI is InChI=1S/C19H28F2N4O.HI/c20-15-4-5-16(21)17(12-15)24-18(22)23-13-19(6-2-1-3-7-19)14-25-8-10-26-11-9-25;/h4-5,12H,1-3,6-11,13-14H2,(H3,22,23,24);1H. The van der Waals surface area contributed by atoms with Gasteiger partial charge in [-0.2, -0.15) is 0 Å². The number of nitrogens with two attached hydrogens (primary N) is 1. The second-order valence-corrected chi connectivity index (χ2v) is 7.40. The van der Waals surface area contributed by atoms with E-state index in [9.17, 15) is 8.78 Å². The lowest BCUT2D eigenvalue weighted by Crippen LogP contribution is -2.46. The SMILES string of the molecule is I.NC(=NCC1(CN2CCOCC2)CCCCC1)Nc1cc(F)ccc1F. The summed E-state index contributed by atoms with van der Waals surface area (Å²) in [4.78, 5) is 6.93. The second-order valence-electron chi connectivity index (χ2n) is 7.40. The molecule has 8 heteroatoms. The van der Waals surface area contributed by atoms with Crippen molar-refractivity contribution in [3.8, 4) is 0 Å². The van der Waals surface area contributed by atoms with Crippen LogP contribution in [0.5, 0.6) is 0 Å². The van der Waals surface area contributed by atoms with Gasteiger partial charge in [0.2, 0.25) is 0 Å². The van der Waals surface area contributed by atoms with Crippen molar-refractivity contribution in [2.45, 2.75) is 32.1 Å². The number of benzene rings is 1. The van der Waals surface area contributed by atoms with E-state index in [2.05, 4.69) is 15.2 Å². The number of anilines is 1. The highest BCUT2D eigenvalue weighted by Gasteiger charge is 2.34. The van der Waals surface area contributed by atoms with Gasteiger partial charge < -0.3 is 15.8 Å². The molecule has 1 aliphatic heterocycles. The summed E-state index contributed by atoms with van der Waals surface area (Å²) in [6, 6.07) is 3.24. The number of halogens is 3. The number of rotatable bonds is 5. The molecule has 1 aliphatic carbocycles. The number of guanidine groups is 1. The Kier molecular flexibility index (Phi) is 8.68. The molecule has 27 heavy (non-hydrogen) atoms. The highest BCUT2D eigenvalue weighted by molar-refractivity contribution is 14.0. The topological polar surface area (TPSA) is 62.9 Å². The zero-order valence-corrected chi connectivity index (χ0v) is 17.9. The summed E-state index contributed by atoms with van der Waals surface area (Å²) in [6.45, 7) is 5.05. The minimum Gasteiger partial charge on any atom is -0.379 e. The van der Waals surface area contributed by atoms with Gasteiger partial charge in [-0.05, 0) is 25.0 Å². The van der Waals surface area contributed by atoms with Crippen LogP contribution in [0.3, 0.4) is 0 Å². The molecule has 0 aromatic heterocycles. The number of aliphatic imine (C=N–C) groups is 1. The van der Waals surface area contributed by atoms with Gasteiger partial charge in [-0.1, -0.05) is 19.3 Å². The molecule has 1 aromatic carbocycles. The van der Waals surface area contributed by atoms with Crippen molar-refractivity contribution < 1.29 is 13.5 Å². The predicted molar refractivity (Wildman–Crippen MR) is 115 cm³/mol. The predicted octanol–water partition coefficient (Wildman–Crippen LogP) is 3.59. The van der Waals surface area contributed by atoms with Gasteiger partial charge in [0.1, 0.15) is 11.6 Å². The first-order valence-corrected chi connectivity index (χ1v) is 9.38. The highest BCUT2D eigenvalue weighted by Crippen LogP contribution is 2.37. The van der Waals surface area contributed by atoms with Crippen molar-refractivity contribution in [1.29, 1.82) is 0 Å². The molecular formula is C19H29F2IN4O. The van der Waals surface area contributed by atoms with Crippen molar-refractivity contribution in [1.82, 2.24) is 4.90 Å². The molecule has 0 unspecified atom stereocenters. The molecule has 5 nitrogen and oxygen atoms in total. The number of nitrogens with one attached hydrogen (secondary N) is 1. The highest BCUT2D eigenvalue weighted by atomic mass is 127. The summed E-state index contributed by atoms with van der Waals surface area (Å²) >= 11 is 0. The van der Waals surface area contributed by atoms with Crippen molar-refractivity contribution >= 4 is 35.6 Å². The second kappa shape index (κ2) is 10.5. The number of hydrogen-bond donors (Lipinski definition) is 2. The average molecular weight is 494 g/mol. The third-order valence-electron chi connectivity index (χ3n) is 5.35. The van der Waals surface area contributed by atoms with Crippen LogP contribution in [0.1, 0.15) is 32.1 Å². The van der Waals surface area contributed by atoms with Crippen molar-refractivity contribution in [2.75, 3.05) is 44.7 Å². The minimum absolute atomic E-state index is 0. The monoisotopic (exact) mass is 494 g/mol. The lowest BCUT2D eigenvalue weighted by molar-refractivity contribution is 0.00940. The number of hydrogen-bond acceptors (Lipinski definition) is 3. The van der Waals surface area contributed by atoms with E-state index >= 15 is 0 Å². The van der Waals surface area contributed by atoms with E-state index in [4.69, 9.17) is 10.5 Å². The molecule has 1 saturated carbocycles. The number of morpholine rings is 1. The Morgan fingerprint density at radius 3 is 2.59 bits per heavy atom. The molecule has 0 bridgehead atoms. The maximum absolute atomic E-state index is 13.8. The normalized spacial score (nSPS) is 20.7. The van der Waals surface area contributed by atoms with Gasteiger partial charge in [-0.25, -0.2) is 8.78 Å². The Morgan fingerprint density at radius 1 is 1.19 bits per heavy atom. The molecular weight excluding hydrogens is 465 g/mol. The smallest absolute Gasteiger partial charge is 0.193 e. The van der Waals surface area contributed by atoms with Gasteiger partial charge in [0.05, 0.1) is 18.9 Å². The summed E-state index contributed by atoms with van der Waals surface area (Å²) < 4.78 is 32.5. The summed E-state index contributed by atoms with van der Waals surface area (Å²) in [6.07, 6.45) is 5.90. The molecule has 0 spiro atoms. The summed E-state index contributed by atoms with van der Waals surface area (Å²) in [5, 5.41) is 2.69. The number of ether oxygens (including phenoxy) is 1. The first kappa shape index (κ1) is 22.3. The fourth-order valence-electron chi connectivity index (χ4n) is 3.93. The van der Waals surface area contributed by atoms with Gasteiger partial charge in [0.25, 0.3) is 0 Å². The maximum atomic E-state index is 13.8. The van der Waals surface area contributed by atoms with Crippen molar-refractivity contribution in [3.05, 3.63) is 29.8 Å². The average Bonchev–Trinajstić information content (AvgIpc) is 2.65. The van der Waals surface area contributed by atoms with Gasteiger partial charge >= 0.3 is 0 Å². The molecule has 2 aliphatic rings. The Hall–Kier alpha value is -1.00. The Bertz CT molecular complexity index is 632. The minimum atomic E-state index is -0.551. The first-order valence-electron chi connectivity index (χ1n) is 9.38. The molecule has 0 radical (unpaired) electrons. The third kappa shape index (κ3) is 6.53. The van der Waals surface area contributed by atoms with E-state index in [0.29, 0.717) is 6.54 Å². The molecule has 1 saturated heterocycles. The molecule has 0 atom stereocenters. The molecule has 2 fully saturated rings. The quantitative estimate of drug-likeness (QED) is 0.373. The van der Waals surface area contributed by atoms with Crippen LogP contribution in [0.15, 0.2) is 23.2 Å². The van der Waals surface area contributed by atoms with E-state index in [1.54, 1.807) is 0 Å². The van der Waals surface area contributed by atoms with Gasteiger partial charge in [-0.15, -0.1) is 24.0 Å². The Labute approximate surface area is 176 Å². The van der Waals surface area contributed by atoms with Gasteiger partial charge in [0.15, 0.2) is 5.96 Å². The van der Waals surface area contributed by atoms with Crippen molar-refractivity contribution in [2.24, 2.45) is 16.1 Å². The summed E-state index contributed by atoms with van der Waals surface area (Å²) in [7, 11) is 0. The van der Waals surface area contributed by atoms with Gasteiger partial charge in [0, 0.05) is 37.7 Å². The van der Waals surface area contributed by atoms with E-state index in [-0.39, 0.29) is 41.0 Å². The van der Waals surface area contributed by atoms with E-state index < -0.39 is 11.6 Å². The Morgan fingerprint density at radius 2 is 1.89 bits per heavy atom. The van der Waals surface area contributed by atoms with Crippen LogP contribution >= 0.6 is 24.0 Å². The summed E-state index contributed by atoms with van der Waals surface area (Å²) in [5.41, 5.74) is 6.06. The fourth-order valence-corrected chi connectivity index (χ4v) is 3.93. The van der Waals surface area contributed by atoms with Crippen LogP contribution in [-0.4, -0.2) is 50.3 Å². The first-order chi connectivity index (χ1) is 12.6. The summed E-state index contributed by atoms with van der Waals surface area (Å²) in [5.74, 6) is -0.940. The van der Waals surface area contributed by atoms with Gasteiger partial charge in [-0.3, -0.25) is 9.89 Å². The van der Waals surface area contributed by atoms with E-state index in [1.165, 1.54) is 19.3 Å². The zero-order valence-electron chi connectivity index (χ0n) is 15.6.